The molecule has 5 rings (SSSR count). The van der Waals surface area contributed by atoms with Crippen LogP contribution in [0.5, 0.6) is 5.88 Å². The fraction of sp³-hybridized carbons (Fsp3) is 0.286. The van der Waals surface area contributed by atoms with Crippen molar-refractivity contribution in [1.29, 1.82) is 0 Å². The third-order valence-corrected chi connectivity index (χ3v) is 4.87. The lowest BCUT2D eigenvalue weighted by molar-refractivity contribution is -0.120. The first-order chi connectivity index (χ1) is 13.3. The molecule has 0 amide bonds. The van der Waals surface area contributed by atoms with Crippen molar-refractivity contribution in [2.24, 2.45) is 5.92 Å². The zero-order valence-corrected chi connectivity index (χ0v) is 14.8. The van der Waals surface area contributed by atoms with Gasteiger partial charge in [0.2, 0.25) is 5.88 Å². The summed E-state index contributed by atoms with van der Waals surface area (Å²) in [6.45, 7) is 0.478. The van der Waals surface area contributed by atoms with Gasteiger partial charge in [0.15, 0.2) is 11.4 Å². The summed E-state index contributed by atoms with van der Waals surface area (Å²) < 4.78 is 13.4. The molecule has 0 spiro atoms. The number of para-hydroxylation sites is 1. The molecule has 136 valence electrons. The number of imidazole rings is 1. The van der Waals surface area contributed by atoms with E-state index in [4.69, 9.17) is 9.15 Å². The molecule has 1 aromatic carbocycles. The summed E-state index contributed by atoms with van der Waals surface area (Å²) in [5.74, 6) is 1.90. The Balaban J connectivity index is 1.35. The van der Waals surface area contributed by atoms with E-state index >= 15 is 0 Å². The van der Waals surface area contributed by atoms with E-state index in [1.54, 1.807) is 16.8 Å². The van der Waals surface area contributed by atoms with Crippen LogP contribution in [0, 0.1) is 5.92 Å². The van der Waals surface area contributed by atoms with E-state index in [9.17, 15) is 4.79 Å². The maximum atomic E-state index is 11.7. The number of fused-ring (bicyclic) bond motifs is 2. The molecule has 27 heavy (non-hydrogen) atoms. The van der Waals surface area contributed by atoms with Crippen LogP contribution < -0.4 is 4.74 Å². The van der Waals surface area contributed by atoms with E-state index in [-0.39, 0.29) is 0 Å². The second-order valence-corrected chi connectivity index (χ2v) is 6.93. The number of ketones is 1. The van der Waals surface area contributed by atoms with Crippen LogP contribution in [0.25, 0.3) is 28.1 Å². The summed E-state index contributed by atoms with van der Waals surface area (Å²) in [5, 5.41) is 5.57. The highest BCUT2D eigenvalue weighted by atomic mass is 16.5. The Labute approximate surface area is 155 Å². The fourth-order valence-corrected chi connectivity index (χ4v) is 3.24. The van der Waals surface area contributed by atoms with Gasteiger partial charge in [-0.05, 0) is 37.5 Å². The van der Waals surface area contributed by atoms with Crippen molar-refractivity contribution >= 4 is 22.4 Å². The number of hydrogen-bond donors (Lipinski definition) is 0. The van der Waals surface area contributed by atoms with E-state index in [1.807, 2.05) is 36.4 Å². The Kier molecular flexibility index (Phi) is 3.89. The van der Waals surface area contributed by atoms with Gasteiger partial charge in [0.25, 0.3) is 0 Å². The molecule has 1 saturated carbocycles. The lowest BCUT2D eigenvalue weighted by Crippen LogP contribution is -2.06. The number of carbonyl (C=O) groups excluding carboxylic acids is 1. The van der Waals surface area contributed by atoms with Crippen LogP contribution in [-0.4, -0.2) is 27.0 Å². The Morgan fingerprint density at radius 2 is 2.11 bits per heavy atom. The quantitative estimate of drug-likeness (QED) is 0.460. The van der Waals surface area contributed by atoms with E-state index < -0.39 is 0 Å². The van der Waals surface area contributed by atoms with Crippen molar-refractivity contribution < 1.29 is 13.9 Å². The summed E-state index contributed by atoms with van der Waals surface area (Å²) in [6.07, 6.45) is 5.17. The number of rotatable bonds is 7. The minimum absolute atomic E-state index is 0.316. The molecule has 3 aromatic heterocycles. The molecule has 0 bridgehead atoms. The zero-order valence-electron chi connectivity index (χ0n) is 14.8. The number of carbonyl (C=O) groups is 1. The minimum Gasteiger partial charge on any atom is -0.477 e. The molecule has 0 N–H and O–H groups in total. The van der Waals surface area contributed by atoms with E-state index in [1.165, 1.54) is 0 Å². The molecule has 0 unspecified atom stereocenters. The average molecular weight is 361 g/mol. The topological polar surface area (TPSA) is 69.6 Å². The standard InChI is InChI=1S/C21H19N3O3/c25-17(14-7-8-14)5-3-11-26-21-10-9-20-22-13-16(24(20)23-21)19-12-15-4-1-2-6-18(15)27-19/h1-2,4,6,9-10,12-14H,3,5,7-8,11H2. The van der Waals surface area contributed by atoms with Crippen molar-refractivity contribution in [3.8, 4) is 17.3 Å². The average Bonchev–Trinajstić information content (AvgIpc) is 3.32. The van der Waals surface area contributed by atoms with Gasteiger partial charge in [-0.1, -0.05) is 18.2 Å². The number of benzene rings is 1. The first-order valence-electron chi connectivity index (χ1n) is 9.27. The molecule has 1 aliphatic rings. The molecule has 3 heterocycles. The largest absolute Gasteiger partial charge is 0.477 e. The summed E-state index contributed by atoms with van der Waals surface area (Å²) in [5.41, 5.74) is 2.33. The lowest BCUT2D eigenvalue weighted by Gasteiger charge is -2.06. The van der Waals surface area contributed by atoms with Crippen molar-refractivity contribution in [2.75, 3.05) is 6.61 Å². The molecule has 6 nitrogen and oxygen atoms in total. The number of hydrogen-bond acceptors (Lipinski definition) is 5. The Bertz CT molecular complexity index is 1090. The monoisotopic (exact) mass is 361 g/mol. The molecular weight excluding hydrogens is 342 g/mol. The van der Waals surface area contributed by atoms with Crippen LogP contribution in [-0.2, 0) is 4.79 Å². The minimum atomic E-state index is 0.316. The molecule has 1 aliphatic carbocycles. The van der Waals surface area contributed by atoms with Gasteiger partial charge in [-0.15, -0.1) is 5.10 Å². The molecule has 0 atom stereocenters. The SMILES string of the molecule is O=C(CCCOc1ccc2ncc(-c3cc4ccccc4o3)n2n1)C1CC1. The number of furan rings is 1. The Morgan fingerprint density at radius 3 is 2.96 bits per heavy atom. The zero-order chi connectivity index (χ0) is 18.2. The summed E-state index contributed by atoms with van der Waals surface area (Å²) in [6, 6.07) is 13.5. The number of aromatic nitrogens is 3. The molecule has 4 aromatic rings. The van der Waals surface area contributed by atoms with Crippen molar-refractivity contribution in [3.05, 3.63) is 48.7 Å². The molecule has 0 saturated heterocycles. The molecule has 0 radical (unpaired) electrons. The molecular formula is C21H19N3O3. The van der Waals surface area contributed by atoms with Gasteiger partial charge >= 0.3 is 0 Å². The van der Waals surface area contributed by atoms with Crippen LogP contribution in [0.2, 0.25) is 0 Å². The van der Waals surface area contributed by atoms with Crippen LogP contribution in [0.4, 0.5) is 0 Å². The first kappa shape index (κ1) is 16.1. The predicted octanol–water partition coefficient (Wildman–Crippen LogP) is 4.28. The normalized spacial score (nSPS) is 14.1. The highest BCUT2D eigenvalue weighted by Crippen LogP contribution is 2.31. The predicted molar refractivity (Wildman–Crippen MR) is 101 cm³/mol. The number of Topliss-reactive ketones (excluding diaryl/α,β-unsaturated/α-hetero) is 1. The van der Waals surface area contributed by atoms with E-state index in [0.29, 0.717) is 36.4 Å². The smallest absolute Gasteiger partial charge is 0.231 e. The Hall–Kier alpha value is -3.15. The first-order valence-corrected chi connectivity index (χ1v) is 9.27. The highest BCUT2D eigenvalue weighted by Gasteiger charge is 2.28. The van der Waals surface area contributed by atoms with E-state index in [0.717, 1.165) is 41.6 Å². The third-order valence-electron chi connectivity index (χ3n) is 4.87. The second kappa shape index (κ2) is 6.54. The van der Waals surface area contributed by atoms with Gasteiger partial charge < -0.3 is 9.15 Å². The lowest BCUT2D eigenvalue weighted by atomic mass is 10.1. The maximum absolute atomic E-state index is 11.7. The van der Waals surface area contributed by atoms with Crippen molar-refractivity contribution in [3.63, 3.8) is 0 Å². The highest BCUT2D eigenvalue weighted by molar-refractivity contribution is 5.83. The van der Waals surface area contributed by atoms with Crippen LogP contribution >= 0.6 is 0 Å². The summed E-state index contributed by atoms with van der Waals surface area (Å²) in [7, 11) is 0. The summed E-state index contributed by atoms with van der Waals surface area (Å²) >= 11 is 0. The second-order valence-electron chi connectivity index (χ2n) is 6.93. The Morgan fingerprint density at radius 1 is 1.22 bits per heavy atom. The number of nitrogens with zero attached hydrogens (tertiary/aromatic N) is 3. The van der Waals surface area contributed by atoms with Gasteiger partial charge in [-0.2, -0.15) is 0 Å². The van der Waals surface area contributed by atoms with Gasteiger partial charge in [-0.25, -0.2) is 9.50 Å². The van der Waals surface area contributed by atoms with Gasteiger partial charge in [0, 0.05) is 23.8 Å². The molecule has 0 aliphatic heterocycles. The third kappa shape index (κ3) is 3.18. The van der Waals surface area contributed by atoms with Crippen LogP contribution in [0.3, 0.4) is 0 Å². The van der Waals surface area contributed by atoms with Crippen molar-refractivity contribution in [1.82, 2.24) is 14.6 Å². The van der Waals surface area contributed by atoms with Gasteiger partial charge in [0.1, 0.15) is 17.1 Å². The van der Waals surface area contributed by atoms with Gasteiger partial charge in [0.05, 0.1) is 12.8 Å². The fourth-order valence-electron chi connectivity index (χ4n) is 3.24. The maximum Gasteiger partial charge on any atom is 0.231 e. The van der Waals surface area contributed by atoms with Crippen molar-refractivity contribution in [2.45, 2.75) is 25.7 Å². The van der Waals surface area contributed by atoms with Crippen LogP contribution in [0.1, 0.15) is 25.7 Å². The molecule has 1 fully saturated rings. The van der Waals surface area contributed by atoms with Crippen LogP contribution in [0.15, 0.2) is 53.1 Å². The molecule has 6 heteroatoms. The van der Waals surface area contributed by atoms with Gasteiger partial charge in [-0.3, -0.25) is 4.79 Å². The van der Waals surface area contributed by atoms with E-state index in [2.05, 4.69) is 10.1 Å². The number of ether oxygens (including phenoxy) is 1. The summed E-state index contributed by atoms with van der Waals surface area (Å²) in [4.78, 5) is 16.1.